The van der Waals surface area contributed by atoms with Crippen molar-refractivity contribution in [2.75, 3.05) is 5.32 Å². The number of nitrogens with zero attached hydrogens (tertiary/aromatic N) is 2. The van der Waals surface area contributed by atoms with E-state index >= 15 is 0 Å². The molecular weight excluding hydrogens is 234 g/mol. The largest absolute Gasteiger partial charge is 0.378 e. The number of anilines is 1. The number of aryl methyl sites for hydroxylation is 1. The highest BCUT2D eigenvalue weighted by Crippen LogP contribution is 2.21. The molecule has 0 fully saturated rings. The highest BCUT2D eigenvalue weighted by molar-refractivity contribution is 5.46. The topological polar surface area (TPSA) is 29.9 Å². The zero-order chi connectivity index (χ0) is 13.8. The van der Waals surface area contributed by atoms with Crippen LogP contribution in [0.5, 0.6) is 0 Å². The van der Waals surface area contributed by atoms with E-state index in [4.69, 9.17) is 0 Å². The van der Waals surface area contributed by atoms with Crippen LogP contribution in [-0.4, -0.2) is 9.78 Å². The minimum absolute atomic E-state index is 0.269. The van der Waals surface area contributed by atoms with E-state index in [0.29, 0.717) is 5.92 Å². The maximum absolute atomic E-state index is 4.31. The molecule has 0 amide bonds. The Morgan fingerprint density at radius 3 is 2.32 bits per heavy atom. The number of hydrogen-bond donors (Lipinski definition) is 1. The van der Waals surface area contributed by atoms with Gasteiger partial charge in [-0.15, -0.1) is 0 Å². The molecule has 0 aliphatic carbocycles. The molecule has 1 aromatic heterocycles. The van der Waals surface area contributed by atoms with Gasteiger partial charge in [-0.3, -0.25) is 4.68 Å². The fourth-order valence-corrected chi connectivity index (χ4v) is 2.07. The van der Waals surface area contributed by atoms with Crippen LogP contribution in [0.15, 0.2) is 36.7 Å². The molecular formula is C16H23N3. The fraction of sp³-hybridized carbons (Fsp3) is 0.438. The molecule has 2 aromatic rings. The first kappa shape index (κ1) is 13.7. The van der Waals surface area contributed by atoms with Gasteiger partial charge in [-0.2, -0.15) is 5.10 Å². The molecule has 1 aromatic carbocycles. The summed E-state index contributed by atoms with van der Waals surface area (Å²) >= 11 is 0. The van der Waals surface area contributed by atoms with Gasteiger partial charge in [0.15, 0.2) is 0 Å². The van der Waals surface area contributed by atoms with E-state index in [2.05, 4.69) is 68.6 Å². The fourth-order valence-electron chi connectivity index (χ4n) is 2.07. The van der Waals surface area contributed by atoms with E-state index in [1.54, 1.807) is 0 Å². The predicted octanol–water partition coefficient (Wildman–Crippen LogP) is 4.20. The molecule has 0 aliphatic heterocycles. The molecule has 1 N–H and O–H groups in total. The summed E-state index contributed by atoms with van der Waals surface area (Å²) < 4.78 is 1.95. The lowest BCUT2D eigenvalue weighted by atomic mass is 10.0. The van der Waals surface area contributed by atoms with Crippen LogP contribution in [0, 0.1) is 0 Å². The smallest absolute Gasteiger partial charge is 0.0542 e. The molecule has 3 nitrogen and oxygen atoms in total. The molecule has 1 heterocycles. The zero-order valence-electron chi connectivity index (χ0n) is 12.2. The molecule has 19 heavy (non-hydrogen) atoms. The summed E-state index contributed by atoms with van der Waals surface area (Å²) in [6.07, 6.45) is 4.03. The Kier molecular flexibility index (Phi) is 4.25. The van der Waals surface area contributed by atoms with Gasteiger partial charge in [0, 0.05) is 24.0 Å². The summed E-state index contributed by atoms with van der Waals surface area (Å²) in [5.74, 6) is 0.578. The third-order valence-electron chi connectivity index (χ3n) is 3.44. The van der Waals surface area contributed by atoms with Gasteiger partial charge in [0.25, 0.3) is 0 Å². The first-order chi connectivity index (χ1) is 9.10. The minimum atomic E-state index is 0.269. The van der Waals surface area contributed by atoms with E-state index in [1.165, 1.54) is 11.1 Å². The Morgan fingerprint density at radius 2 is 1.79 bits per heavy atom. The van der Waals surface area contributed by atoms with Gasteiger partial charge in [0.05, 0.1) is 12.2 Å². The van der Waals surface area contributed by atoms with Crippen LogP contribution >= 0.6 is 0 Å². The molecule has 0 spiro atoms. The van der Waals surface area contributed by atoms with E-state index in [1.807, 2.05) is 10.9 Å². The maximum atomic E-state index is 4.31. The van der Waals surface area contributed by atoms with Crippen LogP contribution in [0.3, 0.4) is 0 Å². The van der Waals surface area contributed by atoms with Gasteiger partial charge in [-0.25, -0.2) is 0 Å². The Labute approximate surface area is 115 Å². The lowest BCUT2D eigenvalue weighted by Gasteiger charge is -2.14. The summed E-state index contributed by atoms with van der Waals surface area (Å²) in [5, 5.41) is 7.82. The van der Waals surface area contributed by atoms with Crippen molar-refractivity contribution in [3.05, 3.63) is 47.8 Å². The quantitative estimate of drug-likeness (QED) is 0.870. The third-order valence-corrected chi connectivity index (χ3v) is 3.44. The van der Waals surface area contributed by atoms with Crippen LogP contribution in [0.25, 0.3) is 0 Å². The summed E-state index contributed by atoms with van der Waals surface area (Å²) in [4.78, 5) is 0. The maximum Gasteiger partial charge on any atom is 0.0542 e. The molecule has 0 aliphatic rings. The number of nitrogens with one attached hydrogen (secondary N) is 1. The van der Waals surface area contributed by atoms with Crippen LogP contribution in [-0.2, 0) is 6.54 Å². The number of aromatic nitrogens is 2. The van der Waals surface area contributed by atoms with Crippen LogP contribution in [0.2, 0.25) is 0 Å². The number of hydrogen-bond acceptors (Lipinski definition) is 2. The monoisotopic (exact) mass is 257 g/mol. The minimum Gasteiger partial charge on any atom is -0.378 e. The molecule has 2 rings (SSSR count). The van der Waals surface area contributed by atoms with Crippen molar-refractivity contribution in [1.29, 1.82) is 0 Å². The van der Waals surface area contributed by atoms with Gasteiger partial charge >= 0.3 is 0 Å². The van der Waals surface area contributed by atoms with Gasteiger partial charge in [0.2, 0.25) is 0 Å². The van der Waals surface area contributed by atoms with E-state index in [9.17, 15) is 0 Å². The average Bonchev–Trinajstić information content (AvgIpc) is 2.88. The van der Waals surface area contributed by atoms with Crippen molar-refractivity contribution in [2.45, 2.75) is 46.2 Å². The van der Waals surface area contributed by atoms with Crippen LogP contribution < -0.4 is 5.32 Å². The second kappa shape index (κ2) is 5.91. The Balaban J connectivity index is 2.03. The number of benzene rings is 1. The Hall–Kier alpha value is -1.77. The molecule has 0 radical (unpaired) electrons. The summed E-state index contributed by atoms with van der Waals surface area (Å²) in [6, 6.07) is 8.95. The Morgan fingerprint density at radius 1 is 1.11 bits per heavy atom. The molecule has 0 saturated heterocycles. The van der Waals surface area contributed by atoms with Crippen molar-refractivity contribution < 1.29 is 0 Å². The second-order valence-electron chi connectivity index (χ2n) is 5.27. The van der Waals surface area contributed by atoms with Gasteiger partial charge < -0.3 is 5.32 Å². The highest BCUT2D eigenvalue weighted by atomic mass is 15.3. The third kappa shape index (κ3) is 3.37. The normalized spacial score (nSPS) is 12.7. The highest BCUT2D eigenvalue weighted by Gasteiger charge is 2.08. The van der Waals surface area contributed by atoms with E-state index in [0.717, 1.165) is 12.2 Å². The van der Waals surface area contributed by atoms with Gasteiger partial charge in [0.1, 0.15) is 0 Å². The van der Waals surface area contributed by atoms with Crippen LogP contribution in [0.4, 0.5) is 5.69 Å². The van der Waals surface area contributed by atoms with Crippen molar-refractivity contribution in [1.82, 2.24) is 9.78 Å². The lowest BCUT2D eigenvalue weighted by molar-refractivity contribution is 0.658. The molecule has 1 atom stereocenters. The van der Waals surface area contributed by atoms with Crippen molar-refractivity contribution >= 4 is 5.69 Å². The molecule has 1 unspecified atom stereocenters. The SMILES string of the molecule is CCn1cc(C(C)Nc2ccc(C(C)C)cc2)cn1. The predicted molar refractivity (Wildman–Crippen MR) is 80.5 cm³/mol. The lowest BCUT2D eigenvalue weighted by Crippen LogP contribution is -2.06. The second-order valence-corrected chi connectivity index (χ2v) is 5.27. The van der Waals surface area contributed by atoms with Gasteiger partial charge in [-0.05, 0) is 37.5 Å². The first-order valence-electron chi connectivity index (χ1n) is 6.99. The molecule has 102 valence electrons. The summed E-state index contributed by atoms with van der Waals surface area (Å²) in [6.45, 7) is 9.59. The number of rotatable bonds is 5. The van der Waals surface area contributed by atoms with E-state index < -0.39 is 0 Å². The van der Waals surface area contributed by atoms with Gasteiger partial charge in [-0.1, -0.05) is 26.0 Å². The molecule has 3 heteroatoms. The van der Waals surface area contributed by atoms with E-state index in [-0.39, 0.29) is 6.04 Å². The Bertz CT molecular complexity index is 511. The zero-order valence-corrected chi connectivity index (χ0v) is 12.2. The average molecular weight is 257 g/mol. The standard InChI is InChI=1S/C16H23N3/c1-5-19-11-15(10-17-19)13(4)18-16-8-6-14(7-9-16)12(2)3/h6-13,18H,5H2,1-4H3. The molecule has 0 bridgehead atoms. The van der Waals surface area contributed by atoms with Crippen molar-refractivity contribution in [3.63, 3.8) is 0 Å². The summed E-state index contributed by atoms with van der Waals surface area (Å²) in [7, 11) is 0. The van der Waals surface area contributed by atoms with Crippen LogP contribution in [0.1, 0.15) is 50.8 Å². The van der Waals surface area contributed by atoms with Crippen molar-refractivity contribution in [3.8, 4) is 0 Å². The summed E-state index contributed by atoms with van der Waals surface area (Å²) in [5.41, 5.74) is 3.74. The first-order valence-corrected chi connectivity index (χ1v) is 6.99. The van der Waals surface area contributed by atoms with Crippen molar-refractivity contribution in [2.24, 2.45) is 0 Å². The molecule has 0 saturated carbocycles.